The van der Waals surface area contributed by atoms with Gasteiger partial charge in [-0.2, -0.15) is 5.26 Å². The first-order valence-corrected chi connectivity index (χ1v) is 5.85. The first kappa shape index (κ1) is 10.8. The Kier molecular flexibility index (Phi) is 2.30. The maximum atomic E-state index is 12.1. The molecule has 0 aromatic heterocycles. The van der Waals surface area contributed by atoms with Crippen LogP contribution < -0.4 is 10.2 Å². The van der Waals surface area contributed by atoms with E-state index in [0.29, 0.717) is 17.2 Å². The molecule has 1 aromatic rings. The van der Waals surface area contributed by atoms with Gasteiger partial charge in [-0.15, -0.1) is 0 Å². The molecule has 2 fully saturated rings. The Hall–Kier alpha value is -2.35. The molecule has 3 amide bonds. The fourth-order valence-electron chi connectivity index (χ4n) is 2.18. The molecule has 1 aromatic carbocycles. The lowest BCUT2D eigenvalue weighted by Crippen LogP contribution is -2.32. The summed E-state index contributed by atoms with van der Waals surface area (Å²) in [6, 6.07) is 7.69. The third kappa shape index (κ3) is 1.63. The Morgan fingerprint density at radius 1 is 1.22 bits per heavy atom. The number of benzene rings is 1. The number of hydrogen-bond donors (Lipinski definition) is 1. The third-order valence-corrected chi connectivity index (χ3v) is 3.32. The number of nitrogens with one attached hydrogen (secondary N) is 1. The predicted molar refractivity (Wildman–Crippen MR) is 63.7 cm³/mol. The highest BCUT2D eigenvalue weighted by Crippen LogP contribution is 2.36. The lowest BCUT2D eigenvalue weighted by Gasteiger charge is -2.12. The van der Waals surface area contributed by atoms with E-state index < -0.39 is 0 Å². The maximum Gasteiger partial charge on any atom is 0.329 e. The van der Waals surface area contributed by atoms with Crippen LogP contribution >= 0.6 is 0 Å². The summed E-state index contributed by atoms with van der Waals surface area (Å²) in [4.78, 5) is 25.1. The first-order valence-electron chi connectivity index (χ1n) is 5.85. The van der Waals surface area contributed by atoms with Crippen LogP contribution in [0.3, 0.4) is 0 Å². The van der Waals surface area contributed by atoms with Crippen molar-refractivity contribution >= 4 is 17.6 Å². The minimum atomic E-state index is -0.374. The van der Waals surface area contributed by atoms with Crippen molar-refractivity contribution in [3.8, 4) is 6.07 Å². The van der Waals surface area contributed by atoms with Gasteiger partial charge >= 0.3 is 6.03 Å². The van der Waals surface area contributed by atoms with E-state index in [0.717, 1.165) is 17.7 Å². The molecule has 1 aliphatic carbocycles. The zero-order valence-electron chi connectivity index (χ0n) is 9.59. The lowest BCUT2D eigenvalue weighted by molar-refractivity contribution is -0.118. The second-order valence-electron chi connectivity index (χ2n) is 4.60. The molecular formula is C13H11N3O2. The molecule has 18 heavy (non-hydrogen) atoms. The summed E-state index contributed by atoms with van der Waals surface area (Å²) in [5.41, 5.74) is 1.02. The topological polar surface area (TPSA) is 73.2 Å². The minimum Gasteiger partial charge on any atom is -0.325 e. The number of anilines is 1. The quantitative estimate of drug-likeness (QED) is 0.795. The van der Waals surface area contributed by atoms with Gasteiger partial charge in [0.25, 0.3) is 5.91 Å². The second-order valence-corrected chi connectivity index (χ2v) is 4.60. The van der Waals surface area contributed by atoms with E-state index in [9.17, 15) is 9.59 Å². The van der Waals surface area contributed by atoms with Gasteiger partial charge in [-0.05, 0) is 43.0 Å². The molecular weight excluding hydrogens is 230 g/mol. The molecule has 1 atom stereocenters. The van der Waals surface area contributed by atoms with E-state index in [2.05, 4.69) is 5.32 Å². The number of nitriles is 1. The molecule has 2 aliphatic rings. The average Bonchev–Trinajstić information content (AvgIpc) is 3.17. The molecule has 0 radical (unpaired) electrons. The Balaban J connectivity index is 1.88. The second kappa shape index (κ2) is 3.84. The van der Waals surface area contributed by atoms with E-state index in [1.54, 1.807) is 24.3 Å². The van der Waals surface area contributed by atoms with Gasteiger partial charge in [0.2, 0.25) is 0 Å². The van der Waals surface area contributed by atoms with Crippen molar-refractivity contribution in [3.05, 3.63) is 29.8 Å². The Labute approximate surface area is 104 Å². The van der Waals surface area contributed by atoms with Crippen LogP contribution in [-0.4, -0.2) is 18.0 Å². The van der Waals surface area contributed by atoms with Gasteiger partial charge in [-0.1, -0.05) is 0 Å². The van der Waals surface area contributed by atoms with Gasteiger partial charge in [0.1, 0.15) is 6.04 Å². The molecule has 5 nitrogen and oxygen atoms in total. The van der Waals surface area contributed by atoms with Crippen LogP contribution in [0.5, 0.6) is 0 Å². The van der Waals surface area contributed by atoms with Gasteiger partial charge in [-0.3, -0.25) is 4.79 Å². The van der Waals surface area contributed by atoms with Crippen molar-refractivity contribution < 1.29 is 9.59 Å². The van der Waals surface area contributed by atoms with Crippen LogP contribution in [0.2, 0.25) is 0 Å². The van der Waals surface area contributed by atoms with Crippen LogP contribution in [-0.2, 0) is 4.79 Å². The molecule has 1 aliphatic heterocycles. The summed E-state index contributed by atoms with van der Waals surface area (Å²) in [7, 11) is 0. The summed E-state index contributed by atoms with van der Waals surface area (Å²) in [6.07, 6.45) is 2.00. The highest BCUT2D eigenvalue weighted by molar-refractivity contribution is 6.21. The molecule has 1 saturated heterocycles. The lowest BCUT2D eigenvalue weighted by atomic mass is 10.1. The predicted octanol–water partition coefficient (Wildman–Crippen LogP) is 1.39. The minimum absolute atomic E-state index is 0.188. The van der Waals surface area contributed by atoms with E-state index >= 15 is 0 Å². The average molecular weight is 241 g/mol. The summed E-state index contributed by atoms with van der Waals surface area (Å²) < 4.78 is 0. The van der Waals surface area contributed by atoms with E-state index in [4.69, 9.17) is 5.26 Å². The maximum absolute atomic E-state index is 12.1. The number of hydrogen-bond acceptors (Lipinski definition) is 3. The number of carbonyl (C=O) groups excluding carboxylic acids is 2. The number of urea groups is 1. The van der Waals surface area contributed by atoms with Crippen LogP contribution in [0.25, 0.3) is 0 Å². The van der Waals surface area contributed by atoms with Gasteiger partial charge < -0.3 is 5.32 Å². The van der Waals surface area contributed by atoms with E-state index in [1.807, 2.05) is 6.07 Å². The number of imide groups is 1. The van der Waals surface area contributed by atoms with E-state index in [-0.39, 0.29) is 18.0 Å². The van der Waals surface area contributed by atoms with Crippen molar-refractivity contribution in [2.45, 2.75) is 18.9 Å². The summed E-state index contributed by atoms with van der Waals surface area (Å²) >= 11 is 0. The van der Waals surface area contributed by atoms with Gasteiger partial charge in [-0.25, -0.2) is 9.69 Å². The standard InChI is InChI=1S/C13H11N3O2/c14-7-8-1-5-10(6-2-8)16-12(17)11(9-3-4-9)15-13(16)18/h1-2,5-6,9,11H,3-4H2,(H,15,18)/t11-/m0/s1. The first-order chi connectivity index (χ1) is 8.70. The smallest absolute Gasteiger partial charge is 0.325 e. The Bertz CT molecular complexity index is 555. The summed E-state index contributed by atoms with van der Waals surface area (Å²) in [6.45, 7) is 0. The van der Waals surface area contributed by atoms with Gasteiger partial charge in [0.15, 0.2) is 0 Å². The number of rotatable bonds is 2. The fraction of sp³-hybridized carbons (Fsp3) is 0.308. The number of nitrogens with zero attached hydrogens (tertiary/aromatic N) is 2. The molecule has 0 bridgehead atoms. The Morgan fingerprint density at radius 2 is 1.89 bits per heavy atom. The van der Waals surface area contributed by atoms with Crippen LogP contribution in [0.4, 0.5) is 10.5 Å². The highest BCUT2D eigenvalue weighted by Gasteiger charge is 2.46. The van der Waals surface area contributed by atoms with Crippen molar-refractivity contribution in [1.29, 1.82) is 5.26 Å². The summed E-state index contributed by atoms with van der Waals surface area (Å²) in [5.74, 6) is 0.108. The molecule has 0 unspecified atom stereocenters. The molecule has 3 rings (SSSR count). The SMILES string of the molecule is N#Cc1ccc(N2C(=O)N[C@@H](C3CC3)C2=O)cc1. The highest BCUT2D eigenvalue weighted by atomic mass is 16.2. The van der Waals surface area contributed by atoms with Crippen LogP contribution in [0, 0.1) is 17.2 Å². The van der Waals surface area contributed by atoms with Crippen LogP contribution in [0.15, 0.2) is 24.3 Å². The zero-order valence-corrected chi connectivity index (χ0v) is 9.59. The van der Waals surface area contributed by atoms with Gasteiger partial charge in [0, 0.05) is 0 Å². The molecule has 0 spiro atoms. The van der Waals surface area contributed by atoms with Crippen molar-refractivity contribution in [2.24, 2.45) is 5.92 Å². The molecule has 5 heteroatoms. The molecule has 1 saturated carbocycles. The zero-order chi connectivity index (χ0) is 12.7. The molecule has 1 N–H and O–H groups in total. The van der Waals surface area contributed by atoms with Crippen LogP contribution in [0.1, 0.15) is 18.4 Å². The van der Waals surface area contributed by atoms with Gasteiger partial charge in [0.05, 0.1) is 17.3 Å². The Morgan fingerprint density at radius 3 is 2.44 bits per heavy atom. The third-order valence-electron chi connectivity index (χ3n) is 3.32. The van der Waals surface area contributed by atoms with Crippen molar-refractivity contribution in [1.82, 2.24) is 5.32 Å². The van der Waals surface area contributed by atoms with E-state index in [1.165, 1.54) is 0 Å². The monoisotopic (exact) mass is 241 g/mol. The molecule has 1 heterocycles. The normalized spacial score (nSPS) is 22.8. The number of amides is 3. The largest absolute Gasteiger partial charge is 0.329 e. The van der Waals surface area contributed by atoms with Crippen molar-refractivity contribution in [3.63, 3.8) is 0 Å². The summed E-state index contributed by atoms with van der Waals surface area (Å²) in [5, 5.41) is 11.4. The number of carbonyl (C=O) groups is 2. The van der Waals surface area contributed by atoms with Crippen molar-refractivity contribution in [2.75, 3.05) is 4.90 Å². The fourth-order valence-corrected chi connectivity index (χ4v) is 2.18. The molecule has 90 valence electrons.